The first-order valence-electron chi connectivity index (χ1n) is 6.28. The summed E-state index contributed by atoms with van der Waals surface area (Å²) in [7, 11) is 0. The Morgan fingerprint density at radius 1 is 1.16 bits per heavy atom. The van der Waals surface area contributed by atoms with E-state index < -0.39 is 0 Å². The lowest BCUT2D eigenvalue weighted by Gasteiger charge is -2.20. The predicted octanol–water partition coefficient (Wildman–Crippen LogP) is 5.37. The van der Waals surface area contributed by atoms with Crippen LogP contribution in [0.4, 0.5) is 0 Å². The number of rotatable bonds is 4. The van der Waals surface area contributed by atoms with Gasteiger partial charge in [-0.2, -0.15) is 0 Å². The van der Waals surface area contributed by atoms with Gasteiger partial charge in [-0.25, -0.2) is 0 Å². The van der Waals surface area contributed by atoms with Crippen molar-refractivity contribution in [2.24, 2.45) is 0 Å². The first-order chi connectivity index (χ1) is 9.02. The third kappa shape index (κ3) is 3.32. The van der Waals surface area contributed by atoms with E-state index in [-0.39, 0.29) is 6.04 Å². The number of hydrogen-bond acceptors (Lipinski definition) is 2. The van der Waals surface area contributed by atoms with E-state index in [1.54, 1.807) is 0 Å². The molecule has 0 bridgehead atoms. The number of nitrogens with one attached hydrogen (secondary N) is 1. The molecule has 0 aliphatic heterocycles. The highest BCUT2D eigenvalue weighted by Gasteiger charge is 2.20. The summed E-state index contributed by atoms with van der Waals surface area (Å²) in [6, 6.07) is 8.55. The standard InChI is InChI=1S/C15H17Cl2NS/c1-4-18-14(12-8-13(16)19-15(12)17)11-6-5-9(2)7-10(11)3/h5-8,14,18H,4H2,1-3H3. The lowest BCUT2D eigenvalue weighted by molar-refractivity contribution is 0.629. The van der Waals surface area contributed by atoms with Crippen molar-refractivity contribution < 1.29 is 0 Å². The summed E-state index contributed by atoms with van der Waals surface area (Å²) in [5.41, 5.74) is 4.85. The van der Waals surface area contributed by atoms with E-state index in [0.717, 1.165) is 20.8 Å². The molecule has 0 aliphatic carbocycles. The molecule has 0 amide bonds. The van der Waals surface area contributed by atoms with Gasteiger partial charge in [-0.15, -0.1) is 11.3 Å². The molecule has 0 radical (unpaired) electrons. The third-order valence-electron chi connectivity index (χ3n) is 3.14. The van der Waals surface area contributed by atoms with Gasteiger partial charge in [0.1, 0.15) is 0 Å². The minimum Gasteiger partial charge on any atom is -0.306 e. The molecule has 1 N–H and O–H groups in total. The van der Waals surface area contributed by atoms with Gasteiger partial charge in [0, 0.05) is 5.56 Å². The molecule has 1 heterocycles. The average Bonchev–Trinajstić information content (AvgIpc) is 2.66. The maximum Gasteiger partial charge on any atom is 0.0995 e. The molecule has 0 saturated heterocycles. The number of aryl methyl sites for hydroxylation is 2. The Morgan fingerprint density at radius 3 is 2.42 bits per heavy atom. The van der Waals surface area contributed by atoms with Gasteiger partial charge in [0.25, 0.3) is 0 Å². The largest absolute Gasteiger partial charge is 0.306 e. The zero-order valence-corrected chi connectivity index (χ0v) is 13.6. The fourth-order valence-corrected chi connectivity index (χ4v) is 3.82. The zero-order valence-electron chi connectivity index (χ0n) is 11.3. The molecule has 2 aromatic rings. The maximum absolute atomic E-state index is 6.30. The first-order valence-corrected chi connectivity index (χ1v) is 7.85. The molecule has 1 unspecified atom stereocenters. The first kappa shape index (κ1) is 14.9. The van der Waals surface area contributed by atoms with Crippen LogP contribution in [0.1, 0.15) is 35.2 Å². The summed E-state index contributed by atoms with van der Waals surface area (Å²) in [5, 5.41) is 3.49. The van der Waals surface area contributed by atoms with Gasteiger partial charge in [0.05, 0.1) is 14.7 Å². The SMILES string of the molecule is CCNC(c1ccc(C)cc1C)c1cc(Cl)sc1Cl. The maximum atomic E-state index is 6.30. The normalized spacial score (nSPS) is 12.7. The Labute approximate surface area is 128 Å². The second kappa shape index (κ2) is 6.27. The van der Waals surface area contributed by atoms with Crippen LogP contribution in [-0.2, 0) is 0 Å². The lowest BCUT2D eigenvalue weighted by Crippen LogP contribution is -2.22. The molecule has 19 heavy (non-hydrogen) atoms. The van der Waals surface area contributed by atoms with Crippen LogP contribution in [0.3, 0.4) is 0 Å². The molecule has 0 spiro atoms. The van der Waals surface area contributed by atoms with Gasteiger partial charge >= 0.3 is 0 Å². The molecule has 0 aliphatic rings. The van der Waals surface area contributed by atoms with Crippen molar-refractivity contribution in [1.82, 2.24) is 5.32 Å². The van der Waals surface area contributed by atoms with Crippen LogP contribution in [0.15, 0.2) is 24.3 Å². The lowest BCUT2D eigenvalue weighted by atomic mass is 9.95. The molecular formula is C15H17Cl2NS. The minimum absolute atomic E-state index is 0.0989. The fourth-order valence-electron chi connectivity index (χ4n) is 2.29. The van der Waals surface area contributed by atoms with Crippen molar-refractivity contribution in [2.75, 3.05) is 6.54 Å². The molecule has 0 saturated carbocycles. The quantitative estimate of drug-likeness (QED) is 0.800. The van der Waals surface area contributed by atoms with E-state index >= 15 is 0 Å². The Morgan fingerprint density at radius 2 is 1.89 bits per heavy atom. The van der Waals surface area contributed by atoms with Crippen molar-refractivity contribution in [3.63, 3.8) is 0 Å². The van der Waals surface area contributed by atoms with Gasteiger partial charge in [-0.05, 0) is 37.6 Å². The average molecular weight is 314 g/mol. The summed E-state index contributed by atoms with van der Waals surface area (Å²) >= 11 is 13.8. The number of hydrogen-bond donors (Lipinski definition) is 1. The van der Waals surface area contributed by atoms with Crippen LogP contribution in [0.25, 0.3) is 0 Å². The molecule has 1 atom stereocenters. The third-order valence-corrected chi connectivity index (χ3v) is 4.66. The van der Waals surface area contributed by atoms with E-state index in [4.69, 9.17) is 23.2 Å². The summed E-state index contributed by atoms with van der Waals surface area (Å²) in [6.07, 6.45) is 0. The van der Waals surface area contributed by atoms with Gasteiger partial charge in [-0.1, -0.05) is 53.9 Å². The van der Waals surface area contributed by atoms with Crippen LogP contribution in [0.5, 0.6) is 0 Å². The van der Waals surface area contributed by atoms with E-state index in [1.165, 1.54) is 28.0 Å². The predicted molar refractivity (Wildman–Crippen MR) is 85.8 cm³/mol. The molecule has 0 fully saturated rings. The van der Waals surface area contributed by atoms with Crippen LogP contribution < -0.4 is 5.32 Å². The zero-order chi connectivity index (χ0) is 14.0. The smallest absolute Gasteiger partial charge is 0.0995 e. The molecule has 1 aromatic carbocycles. The topological polar surface area (TPSA) is 12.0 Å². The summed E-state index contributed by atoms with van der Waals surface area (Å²) in [5.74, 6) is 0. The van der Waals surface area contributed by atoms with Gasteiger partial charge in [0.2, 0.25) is 0 Å². The van der Waals surface area contributed by atoms with Gasteiger partial charge in [-0.3, -0.25) is 0 Å². The van der Waals surface area contributed by atoms with Crippen molar-refractivity contribution in [3.05, 3.63) is 55.2 Å². The molecule has 102 valence electrons. The Bertz CT molecular complexity index is 578. The highest BCUT2D eigenvalue weighted by Crippen LogP contribution is 2.38. The fraction of sp³-hybridized carbons (Fsp3) is 0.333. The van der Waals surface area contributed by atoms with Crippen LogP contribution in [0, 0.1) is 13.8 Å². The highest BCUT2D eigenvalue weighted by atomic mass is 35.5. The number of halogens is 2. The van der Waals surface area contributed by atoms with Crippen molar-refractivity contribution in [2.45, 2.75) is 26.8 Å². The molecule has 4 heteroatoms. The highest BCUT2D eigenvalue weighted by molar-refractivity contribution is 7.20. The monoisotopic (exact) mass is 313 g/mol. The Kier molecular flexibility index (Phi) is 4.91. The second-order valence-electron chi connectivity index (χ2n) is 4.63. The van der Waals surface area contributed by atoms with Crippen LogP contribution >= 0.6 is 34.5 Å². The summed E-state index contributed by atoms with van der Waals surface area (Å²) in [6.45, 7) is 7.21. The Hall–Kier alpha value is -0.540. The van der Waals surface area contributed by atoms with E-state index in [9.17, 15) is 0 Å². The minimum atomic E-state index is 0.0989. The Balaban J connectivity index is 2.48. The van der Waals surface area contributed by atoms with Gasteiger partial charge < -0.3 is 5.32 Å². The van der Waals surface area contributed by atoms with E-state index in [0.29, 0.717) is 0 Å². The molecule has 2 rings (SSSR count). The van der Waals surface area contributed by atoms with Crippen molar-refractivity contribution in [3.8, 4) is 0 Å². The molecule has 1 aromatic heterocycles. The van der Waals surface area contributed by atoms with Crippen molar-refractivity contribution >= 4 is 34.5 Å². The molecular weight excluding hydrogens is 297 g/mol. The number of benzene rings is 1. The van der Waals surface area contributed by atoms with Crippen LogP contribution in [0.2, 0.25) is 8.67 Å². The van der Waals surface area contributed by atoms with Gasteiger partial charge in [0.15, 0.2) is 0 Å². The number of thiophene rings is 1. The van der Waals surface area contributed by atoms with E-state index in [1.807, 2.05) is 6.07 Å². The van der Waals surface area contributed by atoms with Crippen LogP contribution in [-0.4, -0.2) is 6.54 Å². The molecule has 1 nitrogen and oxygen atoms in total. The summed E-state index contributed by atoms with van der Waals surface area (Å²) < 4.78 is 1.49. The summed E-state index contributed by atoms with van der Waals surface area (Å²) in [4.78, 5) is 0. The van der Waals surface area contributed by atoms with Crippen molar-refractivity contribution in [1.29, 1.82) is 0 Å². The van der Waals surface area contributed by atoms with E-state index in [2.05, 4.69) is 44.3 Å². The second-order valence-corrected chi connectivity index (χ2v) is 6.92.